The molecule has 0 aliphatic carbocycles. The number of halogens is 1. The third kappa shape index (κ3) is 3.86. The van der Waals surface area contributed by atoms with E-state index in [-0.39, 0.29) is 12.5 Å². The summed E-state index contributed by atoms with van der Waals surface area (Å²) in [5, 5.41) is 4.37. The maximum Gasteiger partial charge on any atom is 0.277 e. The zero-order chi connectivity index (χ0) is 14.4. The van der Waals surface area contributed by atoms with Crippen molar-refractivity contribution in [1.82, 2.24) is 5.43 Å². The van der Waals surface area contributed by atoms with Crippen molar-refractivity contribution >= 4 is 23.2 Å². The highest BCUT2D eigenvalue weighted by atomic mass is 35.5. The summed E-state index contributed by atoms with van der Waals surface area (Å²) in [5.74, 6) is 0.671. The Morgan fingerprint density at radius 3 is 2.85 bits per heavy atom. The average Bonchev–Trinajstić information content (AvgIpc) is 2.98. The lowest BCUT2D eigenvalue weighted by Gasteiger charge is -2.06. The van der Waals surface area contributed by atoms with Gasteiger partial charge in [-0.05, 0) is 31.2 Å². The van der Waals surface area contributed by atoms with E-state index < -0.39 is 0 Å². The normalized spacial score (nSPS) is 11.2. The number of carbonyl (C=O) groups is 1. The van der Waals surface area contributed by atoms with E-state index in [0.717, 1.165) is 0 Å². The van der Waals surface area contributed by atoms with Crippen molar-refractivity contribution in [2.24, 2.45) is 5.10 Å². The number of benzene rings is 1. The maximum atomic E-state index is 11.6. The molecule has 1 heterocycles. The van der Waals surface area contributed by atoms with Gasteiger partial charge >= 0.3 is 0 Å². The molecule has 0 aliphatic rings. The second-order valence-electron chi connectivity index (χ2n) is 3.93. The zero-order valence-corrected chi connectivity index (χ0v) is 11.6. The molecule has 1 N–H and O–H groups in total. The van der Waals surface area contributed by atoms with Crippen LogP contribution in [-0.2, 0) is 4.79 Å². The summed E-state index contributed by atoms with van der Waals surface area (Å²) in [5.41, 5.74) is 2.95. The van der Waals surface area contributed by atoms with Crippen molar-refractivity contribution in [3.63, 3.8) is 0 Å². The van der Waals surface area contributed by atoms with Crippen LogP contribution in [0.1, 0.15) is 12.7 Å². The van der Waals surface area contributed by atoms with E-state index in [9.17, 15) is 4.79 Å². The number of ether oxygens (including phenoxy) is 1. The molecule has 0 aliphatic heterocycles. The number of para-hydroxylation sites is 1. The molecule has 1 aromatic heterocycles. The number of carbonyl (C=O) groups excluding carboxylic acids is 1. The standard InChI is InChI=1S/C14H13ClN2O3/c1-10(12-7-4-8-19-12)16-17-14(18)9-20-13-6-3-2-5-11(13)15/h2-8H,9H2,1H3,(H,17,18). The SMILES string of the molecule is CC(=NNC(=O)COc1ccccc1Cl)c1ccco1. The number of nitrogens with zero attached hydrogens (tertiary/aromatic N) is 1. The molecule has 2 rings (SSSR count). The van der Waals surface area contributed by atoms with Gasteiger partial charge in [-0.1, -0.05) is 23.7 Å². The molecule has 6 heteroatoms. The number of hydrogen-bond acceptors (Lipinski definition) is 4. The van der Waals surface area contributed by atoms with E-state index in [4.69, 9.17) is 20.8 Å². The summed E-state index contributed by atoms with van der Waals surface area (Å²) in [4.78, 5) is 11.6. The van der Waals surface area contributed by atoms with Crippen molar-refractivity contribution in [2.45, 2.75) is 6.92 Å². The Morgan fingerprint density at radius 2 is 2.15 bits per heavy atom. The molecule has 0 bridgehead atoms. The summed E-state index contributed by atoms with van der Waals surface area (Å²) in [6.07, 6.45) is 1.54. The van der Waals surface area contributed by atoms with Gasteiger partial charge in [-0.25, -0.2) is 5.43 Å². The van der Waals surface area contributed by atoms with Crippen LogP contribution in [0, 0.1) is 0 Å². The monoisotopic (exact) mass is 292 g/mol. The van der Waals surface area contributed by atoms with Gasteiger partial charge in [0, 0.05) is 0 Å². The summed E-state index contributed by atoms with van der Waals surface area (Å²) >= 11 is 5.91. The second-order valence-corrected chi connectivity index (χ2v) is 4.34. The van der Waals surface area contributed by atoms with Crippen LogP contribution in [0.5, 0.6) is 5.75 Å². The van der Waals surface area contributed by atoms with Gasteiger partial charge in [0.1, 0.15) is 17.2 Å². The van der Waals surface area contributed by atoms with E-state index in [1.807, 2.05) is 0 Å². The fraction of sp³-hybridized carbons (Fsp3) is 0.143. The zero-order valence-electron chi connectivity index (χ0n) is 10.8. The predicted molar refractivity (Wildman–Crippen MR) is 76.0 cm³/mol. The molecule has 0 saturated heterocycles. The smallest absolute Gasteiger partial charge is 0.277 e. The molecular formula is C14H13ClN2O3. The minimum absolute atomic E-state index is 0.168. The van der Waals surface area contributed by atoms with Gasteiger partial charge in [-0.15, -0.1) is 0 Å². The quantitative estimate of drug-likeness (QED) is 0.681. The Morgan fingerprint density at radius 1 is 1.35 bits per heavy atom. The highest BCUT2D eigenvalue weighted by molar-refractivity contribution is 6.32. The summed E-state index contributed by atoms with van der Waals surface area (Å²) in [7, 11) is 0. The highest BCUT2D eigenvalue weighted by Gasteiger charge is 2.05. The van der Waals surface area contributed by atoms with Crippen LogP contribution >= 0.6 is 11.6 Å². The summed E-state index contributed by atoms with van der Waals surface area (Å²) in [6, 6.07) is 10.4. The first-order valence-electron chi connectivity index (χ1n) is 5.91. The number of hydrogen-bond donors (Lipinski definition) is 1. The first-order chi connectivity index (χ1) is 9.66. The minimum atomic E-state index is -0.379. The molecule has 1 aromatic carbocycles. The Labute approximate surface area is 121 Å². The van der Waals surface area contributed by atoms with Crippen molar-refractivity contribution in [1.29, 1.82) is 0 Å². The van der Waals surface area contributed by atoms with Crippen LogP contribution in [-0.4, -0.2) is 18.2 Å². The van der Waals surface area contributed by atoms with E-state index >= 15 is 0 Å². The summed E-state index contributed by atoms with van der Waals surface area (Å²) < 4.78 is 10.4. The van der Waals surface area contributed by atoms with Gasteiger partial charge in [0.2, 0.25) is 0 Å². The molecule has 0 radical (unpaired) electrons. The number of amides is 1. The van der Waals surface area contributed by atoms with Crippen LogP contribution in [0.15, 0.2) is 52.2 Å². The summed E-state index contributed by atoms with van der Waals surface area (Å²) in [6.45, 7) is 1.56. The number of nitrogens with one attached hydrogen (secondary N) is 1. The molecule has 5 nitrogen and oxygen atoms in total. The van der Waals surface area contributed by atoms with Gasteiger partial charge < -0.3 is 9.15 Å². The van der Waals surface area contributed by atoms with Gasteiger partial charge in [0.25, 0.3) is 5.91 Å². The molecule has 0 fully saturated rings. The van der Waals surface area contributed by atoms with Crippen molar-refractivity contribution < 1.29 is 13.9 Å². The first-order valence-corrected chi connectivity index (χ1v) is 6.29. The fourth-order valence-corrected chi connectivity index (χ4v) is 1.61. The van der Waals surface area contributed by atoms with Crippen molar-refractivity contribution in [2.75, 3.05) is 6.61 Å². The highest BCUT2D eigenvalue weighted by Crippen LogP contribution is 2.22. The molecule has 20 heavy (non-hydrogen) atoms. The van der Waals surface area contributed by atoms with Crippen LogP contribution in [0.25, 0.3) is 0 Å². The topological polar surface area (TPSA) is 63.8 Å². The largest absolute Gasteiger partial charge is 0.482 e. The fourth-order valence-electron chi connectivity index (χ4n) is 1.42. The van der Waals surface area contributed by atoms with Gasteiger partial charge in [-0.3, -0.25) is 4.79 Å². The lowest BCUT2D eigenvalue weighted by Crippen LogP contribution is -2.25. The van der Waals surface area contributed by atoms with Gasteiger partial charge in [0.05, 0.1) is 11.3 Å². The lowest BCUT2D eigenvalue weighted by atomic mass is 10.3. The van der Waals surface area contributed by atoms with Crippen molar-refractivity contribution in [3.8, 4) is 5.75 Å². The molecule has 1 amide bonds. The van der Waals surface area contributed by atoms with Crippen LogP contribution in [0.3, 0.4) is 0 Å². The Hall–Kier alpha value is -2.27. The Balaban J connectivity index is 1.84. The number of hydrazone groups is 1. The molecule has 0 unspecified atom stereocenters. The van der Waals surface area contributed by atoms with Crippen LogP contribution in [0.4, 0.5) is 0 Å². The number of furan rings is 1. The predicted octanol–water partition coefficient (Wildman–Crippen LogP) is 2.85. The van der Waals surface area contributed by atoms with E-state index in [0.29, 0.717) is 22.2 Å². The minimum Gasteiger partial charge on any atom is -0.482 e. The third-order valence-electron chi connectivity index (χ3n) is 2.42. The molecule has 0 saturated carbocycles. The molecule has 2 aromatic rings. The third-order valence-corrected chi connectivity index (χ3v) is 2.73. The number of rotatable bonds is 5. The van der Waals surface area contributed by atoms with Gasteiger partial charge in [0.15, 0.2) is 6.61 Å². The Kier molecular flexibility index (Phi) is 4.79. The lowest BCUT2D eigenvalue weighted by molar-refractivity contribution is -0.123. The maximum absolute atomic E-state index is 11.6. The van der Waals surface area contributed by atoms with Crippen LogP contribution < -0.4 is 10.2 Å². The van der Waals surface area contributed by atoms with Gasteiger partial charge in [-0.2, -0.15) is 5.10 Å². The molecule has 0 spiro atoms. The Bertz CT molecular complexity index is 609. The van der Waals surface area contributed by atoms with E-state index in [1.165, 1.54) is 6.26 Å². The van der Waals surface area contributed by atoms with E-state index in [1.54, 1.807) is 43.3 Å². The molecule has 0 atom stereocenters. The van der Waals surface area contributed by atoms with Crippen LogP contribution in [0.2, 0.25) is 5.02 Å². The molecular weight excluding hydrogens is 280 g/mol. The average molecular weight is 293 g/mol. The van der Waals surface area contributed by atoms with Crippen molar-refractivity contribution in [3.05, 3.63) is 53.4 Å². The first kappa shape index (κ1) is 14.1. The second kappa shape index (κ2) is 6.77. The van der Waals surface area contributed by atoms with E-state index in [2.05, 4.69) is 10.5 Å². The molecule has 104 valence electrons.